The van der Waals surface area contributed by atoms with Crippen LogP contribution in [0, 0.1) is 0 Å². The Morgan fingerprint density at radius 1 is 0.867 bits per heavy atom. The van der Waals surface area contributed by atoms with E-state index in [9.17, 15) is 9.59 Å². The van der Waals surface area contributed by atoms with Gasteiger partial charge in [0.25, 0.3) is 5.91 Å². The van der Waals surface area contributed by atoms with Crippen molar-refractivity contribution in [2.75, 3.05) is 11.9 Å². The molecule has 0 atom stereocenters. The molecule has 0 aromatic heterocycles. The Kier molecular flexibility index (Phi) is 7.46. The Hall–Kier alpha value is -3.31. The number of nitrogens with one attached hydrogen (secondary N) is 1. The molecular formula is C24H22ClNO4. The van der Waals surface area contributed by atoms with Gasteiger partial charge in [0.05, 0.1) is 6.61 Å². The minimum Gasteiger partial charge on any atom is -0.494 e. The van der Waals surface area contributed by atoms with Crippen molar-refractivity contribution in [2.24, 2.45) is 0 Å². The zero-order valence-electron chi connectivity index (χ0n) is 16.6. The average molecular weight is 424 g/mol. The number of esters is 1. The van der Waals surface area contributed by atoms with E-state index in [0.29, 0.717) is 35.1 Å². The molecule has 3 aromatic rings. The first-order valence-corrected chi connectivity index (χ1v) is 10.0. The van der Waals surface area contributed by atoms with Crippen molar-refractivity contribution < 1.29 is 19.1 Å². The number of hydrogen-bond donors (Lipinski definition) is 1. The van der Waals surface area contributed by atoms with E-state index < -0.39 is 0 Å². The molecule has 1 N–H and O–H groups in total. The fourth-order valence-electron chi connectivity index (χ4n) is 2.76. The summed E-state index contributed by atoms with van der Waals surface area (Å²) >= 11 is 5.84. The van der Waals surface area contributed by atoms with Gasteiger partial charge in [-0.3, -0.25) is 9.59 Å². The average Bonchev–Trinajstić information content (AvgIpc) is 2.75. The molecule has 0 bridgehead atoms. The lowest BCUT2D eigenvalue weighted by Gasteiger charge is -2.08. The smallest absolute Gasteiger partial charge is 0.311 e. The molecule has 30 heavy (non-hydrogen) atoms. The monoisotopic (exact) mass is 423 g/mol. The Morgan fingerprint density at radius 2 is 1.50 bits per heavy atom. The molecule has 6 heteroatoms. The highest BCUT2D eigenvalue weighted by atomic mass is 35.5. The Morgan fingerprint density at radius 3 is 2.13 bits per heavy atom. The number of ether oxygens (including phenoxy) is 2. The number of aryl methyl sites for hydroxylation is 1. The van der Waals surface area contributed by atoms with E-state index in [1.165, 1.54) is 0 Å². The number of benzene rings is 3. The summed E-state index contributed by atoms with van der Waals surface area (Å²) < 4.78 is 10.8. The van der Waals surface area contributed by atoms with E-state index in [2.05, 4.69) is 5.32 Å². The van der Waals surface area contributed by atoms with Crippen LogP contribution in [-0.4, -0.2) is 18.5 Å². The van der Waals surface area contributed by atoms with Crippen molar-refractivity contribution in [3.8, 4) is 11.5 Å². The SMILES string of the molecule is CCOc1ccc(CCC(=O)Oc2ccc(C(=O)Nc3ccc(Cl)cc3)cc2)cc1. The summed E-state index contributed by atoms with van der Waals surface area (Å²) in [6.07, 6.45) is 0.833. The van der Waals surface area contributed by atoms with E-state index in [1.807, 2.05) is 31.2 Å². The van der Waals surface area contributed by atoms with Gasteiger partial charge in [-0.05, 0) is 79.6 Å². The summed E-state index contributed by atoms with van der Waals surface area (Å²) in [5, 5.41) is 3.38. The molecule has 0 heterocycles. The topological polar surface area (TPSA) is 64.6 Å². The second-order valence-corrected chi connectivity index (χ2v) is 6.97. The number of carbonyl (C=O) groups excluding carboxylic acids is 2. The number of anilines is 1. The molecule has 154 valence electrons. The summed E-state index contributed by atoms with van der Waals surface area (Å²) in [6, 6.07) is 20.9. The minimum atomic E-state index is -0.331. The Labute approximate surface area is 180 Å². The quantitative estimate of drug-likeness (QED) is 0.382. The highest BCUT2D eigenvalue weighted by Gasteiger charge is 2.09. The fourth-order valence-corrected chi connectivity index (χ4v) is 2.88. The molecule has 0 fully saturated rings. The van der Waals surface area contributed by atoms with Gasteiger partial charge < -0.3 is 14.8 Å². The second-order valence-electron chi connectivity index (χ2n) is 6.54. The Balaban J connectivity index is 1.48. The van der Waals surface area contributed by atoms with Crippen LogP contribution < -0.4 is 14.8 Å². The zero-order chi connectivity index (χ0) is 21.3. The molecule has 0 aliphatic heterocycles. The molecule has 3 aromatic carbocycles. The van der Waals surface area contributed by atoms with Crippen LogP contribution >= 0.6 is 11.6 Å². The highest BCUT2D eigenvalue weighted by molar-refractivity contribution is 6.30. The van der Waals surface area contributed by atoms with Gasteiger partial charge in [-0.2, -0.15) is 0 Å². The molecule has 3 rings (SSSR count). The second kappa shape index (κ2) is 10.5. The van der Waals surface area contributed by atoms with Gasteiger partial charge >= 0.3 is 5.97 Å². The van der Waals surface area contributed by atoms with E-state index in [0.717, 1.165) is 11.3 Å². The molecule has 0 saturated heterocycles. The standard InChI is InChI=1S/C24H22ClNO4/c1-2-29-21-12-3-17(4-13-21)5-16-23(27)30-22-14-6-18(7-15-22)24(28)26-20-10-8-19(25)9-11-20/h3-4,6-15H,2,5,16H2,1H3,(H,26,28). The zero-order valence-corrected chi connectivity index (χ0v) is 17.3. The maximum atomic E-state index is 12.3. The predicted octanol–water partition coefficient (Wildman–Crippen LogP) is 5.53. The summed E-state index contributed by atoms with van der Waals surface area (Å²) in [6.45, 7) is 2.55. The van der Waals surface area contributed by atoms with Gasteiger partial charge in [0.1, 0.15) is 11.5 Å². The van der Waals surface area contributed by atoms with Crippen molar-refractivity contribution in [1.29, 1.82) is 0 Å². The number of carbonyl (C=O) groups is 2. The molecular weight excluding hydrogens is 402 g/mol. The normalized spacial score (nSPS) is 10.3. The first-order chi connectivity index (χ1) is 14.5. The van der Waals surface area contributed by atoms with Gasteiger partial charge in [-0.15, -0.1) is 0 Å². The molecule has 0 aliphatic carbocycles. The number of rotatable bonds is 8. The first-order valence-electron chi connectivity index (χ1n) is 9.63. The van der Waals surface area contributed by atoms with Crippen LogP contribution in [0.25, 0.3) is 0 Å². The van der Waals surface area contributed by atoms with Gasteiger partial charge in [0.2, 0.25) is 0 Å². The van der Waals surface area contributed by atoms with Crippen LogP contribution in [0.3, 0.4) is 0 Å². The van der Waals surface area contributed by atoms with Crippen LogP contribution in [0.5, 0.6) is 11.5 Å². The van der Waals surface area contributed by atoms with E-state index in [4.69, 9.17) is 21.1 Å². The van der Waals surface area contributed by atoms with E-state index in [1.54, 1.807) is 48.5 Å². The lowest BCUT2D eigenvalue weighted by atomic mass is 10.1. The van der Waals surface area contributed by atoms with Crippen LogP contribution in [0.2, 0.25) is 5.02 Å². The number of hydrogen-bond acceptors (Lipinski definition) is 4. The molecule has 5 nitrogen and oxygen atoms in total. The molecule has 0 unspecified atom stereocenters. The number of halogens is 1. The summed E-state index contributed by atoms with van der Waals surface area (Å²) in [5.41, 5.74) is 2.14. The van der Waals surface area contributed by atoms with Crippen LogP contribution in [0.1, 0.15) is 29.3 Å². The van der Waals surface area contributed by atoms with Crippen LogP contribution in [-0.2, 0) is 11.2 Å². The lowest BCUT2D eigenvalue weighted by Crippen LogP contribution is -2.12. The maximum absolute atomic E-state index is 12.3. The van der Waals surface area contributed by atoms with Gasteiger partial charge in [-0.25, -0.2) is 0 Å². The number of amides is 1. The maximum Gasteiger partial charge on any atom is 0.311 e. The predicted molar refractivity (Wildman–Crippen MR) is 117 cm³/mol. The molecule has 0 radical (unpaired) electrons. The van der Waals surface area contributed by atoms with E-state index in [-0.39, 0.29) is 18.3 Å². The van der Waals surface area contributed by atoms with Gasteiger partial charge in [-0.1, -0.05) is 23.7 Å². The van der Waals surface area contributed by atoms with Crippen molar-refractivity contribution in [3.63, 3.8) is 0 Å². The molecule has 0 spiro atoms. The lowest BCUT2D eigenvalue weighted by molar-refractivity contribution is -0.134. The molecule has 0 aliphatic rings. The molecule has 0 saturated carbocycles. The summed E-state index contributed by atoms with van der Waals surface area (Å²) in [4.78, 5) is 24.4. The fraction of sp³-hybridized carbons (Fsp3) is 0.167. The largest absolute Gasteiger partial charge is 0.494 e. The van der Waals surface area contributed by atoms with Crippen LogP contribution in [0.15, 0.2) is 72.8 Å². The minimum absolute atomic E-state index is 0.257. The van der Waals surface area contributed by atoms with Crippen molar-refractivity contribution >= 4 is 29.2 Å². The van der Waals surface area contributed by atoms with Gasteiger partial charge in [0.15, 0.2) is 0 Å². The van der Waals surface area contributed by atoms with Crippen molar-refractivity contribution in [3.05, 3.63) is 88.9 Å². The van der Waals surface area contributed by atoms with Crippen molar-refractivity contribution in [2.45, 2.75) is 19.8 Å². The third kappa shape index (κ3) is 6.36. The highest BCUT2D eigenvalue weighted by Crippen LogP contribution is 2.18. The van der Waals surface area contributed by atoms with E-state index >= 15 is 0 Å². The Bertz CT molecular complexity index is 983. The van der Waals surface area contributed by atoms with Gasteiger partial charge in [0, 0.05) is 22.7 Å². The van der Waals surface area contributed by atoms with Crippen molar-refractivity contribution in [1.82, 2.24) is 0 Å². The summed E-state index contributed by atoms with van der Waals surface area (Å²) in [5.74, 6) is 0.617. The first kappa shape index (κ1) is 21.4. The third-order valence-electron chi connectivity index (χ3n) is 4.30. The van der Waals surface area contributed by atoms with Crippen LogP contribution in [0.4, 0.5) is 5.69 Å². The molecule has 1 amide bonds. The third-order valence-corrected chi connectivity index (χ3v) is 4.55. The summed E-state index contributed by atoms with van der Waals surface area (Å²) in [7, 11) is 0.